The Morgan fingerprint density at radius 2 is 1.62 bits per heavy atom. The van der Waals surface area contributed by atoms with Crippen LogP contribution in [0.5, 0.6) is 0 Å². The molecule has 1 atom stereocenters. The number of benzene rings is 3. The molecule has 4 rings (SSSR count). The summed E-state index contributed by atoms with van der Waals surface area (Å²) in [4.78, 5) is 28.4. The van der Waals surface area contributed by atoms with Crippen molar-refractivity contribution in [2.45, 2.75) is 23.8 Å². The maximum Gasteiger partial charge on any atom is 0.321 e. The zero-order chi connectivity index (χ0) is 26.4. The molecule has 0 aliphatic heterocycles. The largest absolute Gasteiger partial charge is 0.480 e. The van der Waals surface area contributed by atoms with Gasteiger partial charge in [-0.3, -0.25) is 14.6 Å². The Morgan fingerprint density at radius 3 is 2.30 bits per heavy atom. The van der Waals surface area contributed by atoms with E-state index < -0.39 is 22.0 Å². The van der Waals surface area contributed by atoms with E-state index in [9.17, 15) is 23.1 Å². The summed E-state index contributed by atoms with van der Waals surface area (Å²) in [6.45, 7) is 0.186. The highest BCUT2D eigenvalue weighted by atomic mass is 35.5. The summed E-state index contributed by atoms with van der Waals surface area (Å²) < 4.78 is 27.9. The third-order valence-electron chi connectivity index (χ3n) is 5.76. The molecule has 0 aliphatic rings. The number of carbonyl (C=O) groups is 2. The number of fused-ring (bicyclic) bond motifs is 1. The van der Waals surface area contributed by atoms with E-state index in [-0.39, 0.29) is 30.2 Å². The van der Waals surface area contributed by atoms with E-state index in [0.29, 0.717) is 10.6 Å². The molecule has 3 N–H and O–H groups in total. The average Bonchev–Trinajstić information content (AvgIpc) is 2.90. The minimum absolute atomic E-state index is 0.000653. The molecule has 8 nitrogen and oxygen atoms in total. The van der Waals surface area contributed by atoms with Crippen LogP contribution in [0.2, 0.25) is 5.02 Å². The molecule has 0 bridgehead atoms. The van der Waals surface area contributed by atoms with Gasteiger partial charge in [-0.25, -0.2) is 8.42 Å². The van der Waals surface area contributed by atoms with Gasteiger partial charge in [0.2, 0.25) is 10.0 Å². The molecule has 4 aromatic rings. The van der Waals surface area contributed by atoms with Crippen LogP contribution >= 0.6 is 11.6 Å². The number of rotatable bonds is 10. The molecular weight excluding hydrogens is 514 g/mol. The molecule has 0 radical (unpaired) electrons. The van der Waals surface area contributed by atoms with Crippen molar-refractivity contribution in [3.8, 4) is 11.1 Å². The Balaban J connectivity index is 1.33. The molecule has 3 aromatic carbocycles. The van der Waals surface area contributed by atoms with Crippen molar-refractivity contribution in [3.63, 3.8) is 0 Å². The lowest BCUT2D eigenvalue weighted by atomic mass is 10.1. The van der Waals surface area contributed by atoms with Crippen molar-refractivity contribution in [2.24, 2.45) is 0 Å². The number of halogens is 1. The molecule has 0 saturated heterocycles. The lowest BCUT2D eigenvalue weighted by Crippen LogP contribution is -2.41. The van der Waals surface area contributed by atoms with E-state index in [4.69, 9.17) is 11.6 Å². The number of nitrogens with one attached hydrogen (secondary N) is 2. The topological polar surface area (TPSA) is 125 Å². The maximum atomic E-state index is 12.8. The van der Waals surface area contributed by atoms with Crippen LogP contribution in [-0.2, 0) is 14.8 Å². The van der Waals surface area contributed by atoms with Gasteiger partial charge in [0.05, 0.1) is 10.4 Å². The highest BCUT2D eigenvalue weighted by molar-refractivity contribution is 7.89. The average molecular weight is 538 g/mol. The van der Waals surface area contributed by atoms with E-state index in [1.807, 2.05) is 18.2 Å². The third-order valence-corrected chi connectivity index (χ3v) is 7.50. The van der Waals surface area contributed by atoms with Gasteiger partial charge >= 0.3 is 5.97 Å². The zero-order valence-electron chi connectivity index (χ0n) is 19.6. The zero-order valence-corrected chi connectivity index (χ0v) is 21.2. The minimum Gasteiger partial charge on any atom is -0.480 e. The summed E-state index contributed by atoms with van der Waals surface area (Å²) in [6, 6.07) is 20.7. The normalized spacial score (nSPS) is 12.2. The van der Waals surface area contributed by atoms with Crippen LogP contribution in [0, 0.1) is 0 Å². The summed E-state index contributed by atoms with van der Waals surface area (Å²) in [5.41, 5.74) is 2.89. The van der Waals surface area contributed by atoms with Crippen molar-refractivity contribution in [1.29, 1.82) is 0 Å². The van der Waals surface area contributed by atoms with Crippen LogP contribution in [0.1, 0.15) is 23.2 Å². The van der Waals surface area contributed by atoms with Gasteiger partial charge in [0.25, 0.3) is 5.91 Å². The molecule has 0 fully saturated rings. The molecular formula is C27H24ClN3O5S. The van der Waals surface area contributed by atoms with Gasteiger partial charge in [-0.1, -0.05) is 41.9 Å². The SMILES string of the molecule is O=C(NCCC[C@H](NS(=O)(=O)c1ccc(-c2ccc(Cl)cc2)cc1)C(=O)O)c1ccc2ncccc2c1. The smallest absolute Gasteiger partial charge is 0.321 e. The molecule has 0 saturated carbocycles. The molecule has 1 aromatic heterocycles. The lowest BCUT2D eigenvalue weighted by molar-refractivity contribution is -0.139. The summed E-state index contributed by atoms with van der Waals surface area (Å²) in [5, 5.41) is 13.7. The second-order valence-corrected chi connectivity index (χ2v) is 10.5. The molecule has 190 valence electrons. The highest BCUT2D eigenvalue weighted by Gasteiger charge is 2.25. The summed E-state index contributed by atoms with van der Waals surface area (Å²) >= 11 is 5.91. The number of pyridine rings is 1. The number of aliphatic carboxylic acids is 1. The number of aromatic nitrogens is 1. The number of nitrogens with zero attached hydrogens (tertiary/aromatic N) is 1. The number of hydrogen-bond acceptors (Lipinski definition) is 5. The molecule has 10 heteroatoms. The fraction of sp³-hybridized carbons (Fsp3) is 0.148. The molecule has 0 unspecified atom stereocenters. The summed E-state index contributed by atoms with van der Waals surface area (Å²) in [6.07, 6.45) is 1.93. The number of sulfonamides is 1. The third kappa shape index (κ3) is 6.71. The van der Waals surface area contributed by atoms with E-state index in [0.717, 1.165) is 22.0 Å². The van der Waals surface area contributed by atoms with Gasteiger partial charge in [0.1, 0.15) is 6.04 Å². The Kier molecular flexibility index (Phi) is 8.17. The Bertz CT molecular complexity index is 1520. The van der Waals surface area contributed by atoms with Crippen LogP contribution in [0.4, 0.5) is 0 Å². The minimum atomic E-state index is -4.07. The van der Waals surface area contributed by atoms with Crippen molar-refractivity contribution in [3.05, 3.63) is 95.6 Å². The summed E-state index contributed by atoms with van der Waals surface area (Å²) in [5.74, 6) is -1.60. The monoisotopic (exact) mass is 537 g/mol. The predicted molar refractivity (Wildman–Crippen MR) is 142 cm³/mol. The van der Waals surface area contributed by atoms with Gasteiger partial charge in [-0.15, -0.1) is 0 Å². The van der Waals surface area contributed by atoms with Gasteiger partial charge in [-0.2, -0.15) is 4.72 Å². The van der Waals surface area contributed by atoms with Gasteiger partial charge in [0.15, 0.2) is 0 Å². The first-order valence-corrected chi connectivity index (χ1v) is 13.3. The molecule has 0 aliphatic carbocycles. The van der Waals surface area contributed by atoms with Crippen LogP contribution in [0.15, 0.2) is 90.0 Å². The van der Waals surface area contributed by atoms with Crippen LogP contribution < -0.4 is 10.0 Å². The fourth-order valence-corrected chi connectivity index (χ4v) is 5.13. The first-order chi connectivity index (χ1) is 17.7. The van der Waals surface area contributed by atoms with Crippen molar-refractivity contribution in [2.75, 3.05) is 6.54 Å². The van der Waals surface area contributed by atoms with Gasteiger partial charge in [0, 0.05) is 28.7 Å². The van der Waals surface area contributed by atoms with E-state index in [1.54, 1.807) is 54.7 Å². The number of carboxylic acids is 1. The molecule has 1 heterocycles. The lowest BCUT2D eigenvalue weighted by Gasteiger charge is -2.15. The number of carboxylic acid groups (broad SMARTS) is 1. The quantitative estimate of drug-likeness (QED) is 0.256. The molecule has 0 spiro atoms. The van der Waals surface area contributed by atoms with Crippen LogP contribution in [0.25, 0.3) is 22.0 Å². The molecule has 1 amide bonds. The predicted octanol–water partition coefficient (Wildman–Crippen LogP) is 4.50. The van der Waals surface area contributed by atoms with Crippen molar-refractivity contribution >= 4 is 44.4 Å². The second-order valence-electron chi connectivity index (χ2n) is 8.35. The van der Waals surface area contributed by atoms with Crippen LogP contribution in [-0.4, -0.2) is 43.0 Å². The van der Waals surface area contributed by atoms with Crippen molar-refractivity contribution < 1.29 is 23.1 Å². The number of hydrogen-bond donors (Lipinski definition) is 3. The first kappa shape index (κ1) is 26.3. The van der Waals surface area contributed by atoms with Crippen molar-refractivity contribution in [1.82, 2.24) is 15.0 Å². The first-order valence-electron chi connectivity index (χ1n) is 11.5. The van der Waals surface area contributed by atoms with E-state index >= 15 is 0 Å². The summed E-state index contributed by atoms with van der Waals surface area (Å²) in [7, 11) is -4.07. The fourth-order valence-electron chi connectivity index (χ4n) is 3.78. The number of amides is 1. The second kappa shape index (κ2) is 11.5. The highest BCUT2D eigenvalue weighted by Crippen LogP contribution is 2.23. The Labute approximate surface area is 219 Å². The number of carbonyl (C=O) groups excluding carboxylic acids is 1. The van der Waals surface area contributed by atoms with E-state index in [1.165, 1.54) is 12.1 Å². The van der Waals surface area contributed by atoms with Crippen LogP contribution in [0.3, 0.4) is 0 Å². The standard InChI is InChI=1S/C27H24ClN3O5S/c28-22-10-5-18(6-11-22)19-7-12-23(13-8-19)37(35,36)31-25(27(33)34)4-2-16-30-26(32)21-9-14-24-20(17-21)3-1-15-29-24/h1,3,5-15,17,25,31H,2,4,16H2,(H,30,32)(H,33,34)/t25-/m0/s1. The Morgan fingerprint density at radius 1 is 0.946 bits per heavy atom. The van der Waals surface area contributed by atoms with Gasteiger partial charge < -0.3 is 10.4 Å². The van der Waals surface area contributed by atoms with Gasteiger partial charge in [-0.05, 0) is 72.5 Å². The Hall–Kier alpha value is -3.79. The van der Waals surface area contributed by atoms with E-state index in [2.05, 4.69) is 15.0 Å². The molecule has 37 heavy (non-hydrogen) atoms. The maximum absolute atomic E-state index is 12.8.